The molecule has 1 aliphatic rings. The predicted octanol–water partition coefficient (Wildman–Crippen LogP) is 1.66. The second kappa shape index (κ2) is 4.08. The van der Waals surface area contributed by atoms with Gasteiger partial charge in [0.15, 0.2) is 0 Å². The molecule has 0 saturated carbocycles. The summed E-state index contributed by atoms with van der Waals surface area (Å²) >= 11 is 5.74. The molecule has 1 aromatic rings. The molecule has 0 aliphatic carbocycles. The number of carbonyl (C=O) groups excluding carboxylic acids is 1. The summed E-state index contributed by atoms with van der Waals surface area (Å²) < 4.78 is 4.85. The van der Waals surface area contributed by atoms with Crippen molar-refractivity contribution in [1.29, 1.82) is 0 Å². The van der Waals surface area contributed by atoms with Crippen molar-refractivity contribution in [3.8, 4) is 0 Å². The zero-order chi connectivity index (χ0) is 10.8. The standard InChI is InChI=1S/C10H10ClNO3/c11-7-1-3-8(4-2-7)12-9(5-13)6-15-10(12)14/h1-4,9,13H,5-6H2/t9-/m1/s1. The van der Waals surface area contributed by atoms with Crippen LogP contribution in [0, 0.1) is 0 Å². The van der Waals surface area contributed by atoms with Crippen LogP contribution in [0.5, 0.6) is 0 Å². The van der Waals surface area contributed by atoms with Crippen LogP contribution < -0.4 is 4.90 Å². The first-order valence-corrected chi connectivity index (χ1v) is 4.92. The van der Waals surface area contributed by atoms with Crippen molar-refractivity contribution < 1.29 is 14.6 Å². The number of amides is 1. The second-order valence-electron chi connectivity index (χ2n) is 3.26. The van der Waals surface area contributed by atoms with Gasteiger partial charge in [-0.05, 0) is 24.3 Å². The summed E-state index contributed by atoms with van der Waals surface area (Å²) in [4.78, 5) is 12.8. The maximum absolute atomic E-state index is 11.4. The lowest BCUT2D eigenvalue weighted by molar-refractivity contribution is 0.174. The fourth-order valence-corrected chi connectivity index (χ4v) is 1.64. The van der Waals surface area contributed by atoms with E-state index in [0.717, 1.165) is 0 Å². The SMILES string of the molecule is O=C1OC[C@@H](CO)N1c1ccc(Cl)cc1. The molecule has 0 aromatic heterocycles. The Hall–Kier alpha value is -1.26. The normalized spacial score (nSPS) is 20.5. The lowest BCUT2D eigenvalue weighted by atomic mass is 10.2. The molecule has 0 unspecified atom stereocenters. The highest BCUT2D eigenvalue weighted by atomic mass is 35.5. The first-order chi connectivity index (χ1) is 7.22. The van der Waals surface area contributed by atoms with Gasteiger partial charge in [-0.3, -0.25) is 4.90 Å². The summed E-state index contributed by atoms with van der Waals surface area (Å²) in [5.74, 6) is 0. The number of hydrogen-bond donors (Lipinski definition) is 1. The Labute approximate surface area is 92.0 Å². The van der Waals surface area contributed by atoms with Gasteiger partial charge >= 0.3 is 6.09 Å². The Morgan fingerprint density at radius 1 is 1.47 bits per heavy atom. The van der Waals surface area contributed by atoms with E-state index in [0.29, 0.717) is 10.7 Å². The van der Waals surface area contributed by atoms with Crippen molar-refractivity contribution >= 4 is 23.4 Å². The van der Waals surface area contributed by atoms with Crippen LogP contribution in [0.25, 0.3) is 0 Å². The molecule has 1 saturated heterocycles. The average Bonchev–Trinajstić information content (AvgIpc) is 2.61. The minimum atomic E-state index is -0.434. The number of carbonyl (C=O) groups is 1. The molecule has 4 nitrogen and oxygen atoms in total. The fourth-order valence-electron chi connectivity index (χ4n) is 1.51. The number of anilines is 1. The Morgan fingerprint density at radius 3 is 2.73 bits per heavy atom. The number of rotatable bonds is 2. The third kappa shape index (κ3) is 1.91. The van der Waals surface area contributed by atoms with Gasteiger partial charge in [-0.1, -0.05) is 11.6 Å². The lowest BCUT2D eigenvalue weighted by Gasteiger charge is -2.19. The highest BCUT2D eigenvalue weighted by Gasteiger charge is 2.33. The number of aliphatic hydroxyl groups excluding tert-OH is 1. The lowest BCUT2D eigenvalue weighted by Crippen LogP contribution is -2.35. The molecule has 1 heterocycles. The van der Waals surface area contributed by atoms with E-state index in [2.05, 4.69) is 0 Å². The molecule has 1 amide bonds. The van der Waals surface area contributed by atoms with E-state index < -0.39 is 6.09 Å². The molecule has 1 fully saturated rings. The Balaban J connectivity index is 2.28. The van der Waals surface area contributed by atoms with E-state index in [-0.39, 0.29) is 19.3 Å². The van der Waals surface area contributed by atoms with Crippen LogP contribution in [-0.2, 0) is 4.74 Å². The van der Waals surface area contributed by atoms with Gasteiger partial charge in [0, 0.05) is 10.7 Å². The third-order valence-corrected chi connectivity index (χ3v) is 2.53. The predicted molar refractivity (Wildman–Crippen MR) is 56.2 cm³/mol. The molecule has 0 bridgehead atoms. The van der Waals surface area contributed by atoms with Gasteiger partial charge < -0.3 is 9.84 Å². The van der Waals surface area contributed by atoms with Crippen LogP contribution in [0.2, 0.25) is 5.02 Å². The van der Waals surface area contributed by atoms with Crippen molar-refractivity contribution in [3.63, 3.8) is 0 Å². The van der Waals surface area contributed by atoms with E-state index >= 15 is 0 Å². The summed E-state index contributed by atoms with van der Waals surface area (Å²) in [6.07, 6.45) is -0.434. The van der Waals surface area contributed by atoms with E-state index in [9.17, 15) is 4.79 Å². The maximum Gasteiger partial charge on any atom is 0.414 e. The smallest absolute Gasteiger partial charge is 0.414 e. The molecule has 2 rings (SSSR count). The van der Waals surface area contributed by atoms with E-state index in [4.69, 9.17) is 21.4 Å². The van der Waals surface area contributed by atoms with Gasteiger partial charge in [-0.2, -0.15) is 0 Å². The van der Waals surface area contributed by atoms with Gasteiger partial charge in [-0.15, -0.1) is 0 Å². The number of aliphatic hydroxyl groups is 1. The van der Waals surface area contributed by atoms with Gasteiger partial charge in [0.1, 0.15) is 6.61 Å². The average molecular weight is 228 g/mol. The third-order valence-electron chi connectivity index (χ3n) is 2.28. The maximum atomic E-state index is 11.4. The fraction of sp³-hybridized carbons (Fsp3) is 0.300. The van der Waals surface area contributed by atoms with E-state index in [1.54, 1.807) is 24.3 Å². The van der Waals surface area contributed by atoms with Gasteiger partial charge in [0.05, 0.1) is 12.6 Å². The summed E-state index contributed by atoms with van der Waals surface area (Å²) in [5.41, 5.74) is 0.681. The molecule has 1 atom stereocenters. The zero-order valence-electron chi connectivity index (χ0n) is 7.89. The quantitative estimate of drug-likeness (QED) is 0.836. The van der Waals surface area contributed by atoms with E-state index in [1.165, 1.54) is 4.90 Å². The van der Waals surface area contributed by atoms with Crippen LogP contribution in [-0.4, -0.2) is 30.5 Å². The number of hydrogen-bond acceptors (Lipinski definition) is 3. The topological polar surface area (TPSA) is 49.8 Å². The molecule has 1 N–H and O–H groups in total. The minimum Gasteiger partial charge on any atom is -0.447 e. The summed E-state index contributed by atoms with van der Waals surface area (Å²) in [6, 6.07) is 6.52. The number of halogens is 1. The first kappa shape index (κ1) is 10.3. The van der Waals surface area contributed by atoms with Crippen molar-refractivity contribution in [2.24, 2.45) is 0 Å². The van der Waals surface area contributed by atoms with Crippen molar-refractivity contribution in [1.82, 2.24) is 0 Å². The zero-order valence-corrected chi connectivity index (χ0v) is 8.65. The van der Waals surface area contributed by atoms with Crippen LogP contribution in [0.15, 0.2) is 24.3 Å². The van der Waals surface area contributed by atoms with Crippen LogP contribution in [0.3, 0.4) is 0 Å². The monoisotopic (exact) mass is 227 g/mol. The van der Waals surface area contributed by atoms with Gasteiger partial charge in [0.25, 0.3) is 0 Å². The summed E-state index contributed by atoms with van der Waals surface area (Å²) in [7, 11) is 0. The number of ether oxygens (including phenoxy) is 1. The van der Waals surface area contributed by atoms with Crippen LogP contribution in [0.4, 0.5) is 10.5 Å². The van der Waals surface area contributed by atoms with Crippen molar-refractivity contribution in [2.45, 2.75) is 6.04 Å². The molecule has 15 heavy (non-hydrogen) atoms. The molecule has 5 heteroatoms. The Kier molecular flexibility index (Phi) is 2.79. The summed E-state index contributed by atoms with van der Waals surface area (Å²) in [6.45, 7) is 0.103. The van der Waals surface area contributed by atoms with Crippen molar-refractivity contribution in [2.75, 3.05) is 18.1 Å². The van der Waals surface area contributed by atoms with Gasteiger partial charge in [-0.25, -0.2) is 4.79 Å². The van der Waals surface area contributed by atoms with Gasteiger partial charge in [0.2, 0.25) is 0 Å². The summed E-state index contributed by atoms with van der Waals surface area (Å²) in [5, 5.41) is 9.67. The molecule has 1 aromatic carbocycles. The molecule has 0 radical (unpaired) electrons. The largest absolute Gasteiger partial charge is 0.447 e. The molecular weight excluding hydrogens is 218 g/mol. The number of nitrogens with zero attached hydrogens (tertiary/aromatic N) is 1. The van der Waals surface area contributed by atoms with Crippen LogP contribution in [0.1, 0.15) is 0 Å². The second-order valence-corrected chi connectivity index (χ2v) is 3.70. The van der Waals surface area contributed by atoms with E-state index in [1.807, 2.05) is 0 Å². The van der Waals surface area contributed by atoms with Crippen molar-refractivity contribution in [3.05, 3.63) is 29.3 Å². The molecular formula is C10H10ClNO3. The molecule has 0 spiro atoms. The number of benzene rings is 1. The van der Waals surface area contributed by atoms with Crippen LogP contribution >= 0.6 is 11.6 Å². The molecule has 1 aliphatic heterocycles. The molecule has 80 valence electrons. The highest BCUT2D eigenvalue weighted by molar-refractivity contribution is 6.30. The Bertz CT molecular complexity index is 365. The highest BCUT2D eigenvalue weighted by Crippen LogP contribution is 2.24. The minimum absolute atomic E-state index is 0.117. The first-order valence-electron chi connectivity index (χ1n) is 4.55. The number of cyclic esters (lactones) is 1. The Morgan fingerprint density at radius 2 is 2.13 bits per heavy atom.